The molecule has 7 nitrogen and oxygen atoms in total. The van der Waals surface area contributed by atoms with Crippen molar-refractivity contribution in [2.75, 3.05) is 18.4 Å². The van der Waals surface area contributed by atoms with E-state index in [9.17, 15) is 14.0 Å². The number of hydrogen-bond donors (Lipinski definition) is 1. The molecule has 1 fully saturated rings. The second kappa shape index (κ2) is 7.98. The van der Waals surface area contributed by atoms with Crippen LogP contribution in [0.2, 0.25) is 0 Å². The predicted octanol–water partition coefficient (Wildman–Crippen LogP) is 3.08. The van der Waals surface area contributed by atoms with Crippen LogP contribution in [0.1, 0.15) is 30.1 Å². The average Bonchev–Trinajstić information content (AvgIpc) is 3.17. The van der Waals surface area contributed by atoms with E-state index in [-0.39, 0.29) is 23.5 Å². The summed E-state index contributed by atoms with van der Waals surface area (Å²) in [5, 5.41) is 11.0. The normalized spacial score (nSPS) is 14.9. The SMILES string of the molecule is CCn1nnc2cc(C(=O)N3CCC(C(=O)Nc4ccc(F)cc4)CC3)ccc21. The van der Waals surface area contributed by atoms with Gasteiger partial charge in [0.25, 0.3) is 5.91 Å². The lowest BCUT2D eigenvalue weighted by Crippen LogP contribution is -2.41. The molecule has 2 heterocycles. The van der Waals surface area contributed by atoms with Gasteiger partial charge in [0, 0.05) is 36.8 Å². The Kier molecular flexibility index (Phi) is 5.24. The number of aryl methyl sites for hydroxylation is 1. The van der Waals surface area contributed by atoms with Gasteiger partial charge >= 0.3 is 0 Å². The molecule has 0 unspecified atom stereocenters. The molecule has 3 aromatic rings. The van der Waals surface area contributed by atoms with Crippen molar-refractivity contribution >= 4 is 28.5 Å². The number of aromatic nitrogens is 3. The standard InChI is InChI=1S/C21H22FN5O2/c1-2-27-19-8-3-15(13-18(19)24-25-27)21(29)26-11-9-14(10-12-26)20(28)23-17-6-4-16(22)5-7-17/h3-8,13-14H,2,9-12H2,1H3,(H,23,28). The Labute approximate surface area is 167 Å². The number of amides is 2. The van der Waals surface area contributed by atoms with Gasteiger partial charge in [0.2, 0.25) is 5.91 Å². The number of halogens is 1. The maximum atomic E-state index is 13.0. The number of hydrogen-bond acceptors (Lipinski definition) is 4. The number of anilines is 1. The summed E-state index contributed by atoms with van der Waals surface area (Å²) >= 11 is 0. The zero-order valence-corrected chi connectivity index (χ0v) is 16.1. The summed E-state index contributed by atoms with van der Waals surface area (Å²) in [6.07, 6.45) is 1.18. The molecule has 0 aliphatic carbocycles. The summed E-state index contributed by atoms with van der Waals surface area (Å²) in [5.74, 6) is -0.669. The molecule has 150 valence electrons. The van der Waals surface area contributed by atoms with Gasteiger partial charge in [-0.1, -0.05) is 5.21 Å². The van der Waals surface area contributed by atoms with Crippen molar-refractivity contribution < 1.29 is 14.0 Å². The number of fused-ring (bicyclic) bond motifs is 1. The second-order valence-corrected chi connectivity index (χ2v) is 7.17. The molecule has 1 aromatic heterocycles. The van der Waals surface area contributed by atoms with Gasteiger partial charge < -0.3 is 10.2 Å². The summed E-state index contributed by atoms with van der Waals surface area (Å²) in [7, 11) is 0. The highest BCUT2D eigenvalue weighted by molar-refractivity contribution is 5.97. The van der Waals surface area contributed by atoms with E-state index in [2.05, 4.69) is 15.6 Å². The van der Waals surface area contributed by atoms with E-state index in [0.29, 0.717) is 42.7 Å². The Morgan fingerprint density at radius 3 is 2.55 bits per heavy atom. The van der Waals surface area contributed by atoms with Crippen molar-refractivity contribution in [3.8, 4) is 0 Å². The van der Waals surface area contributed by atoms with E-state index in [1.165, 1.54) is 24.3 Å². The van der Waals surface area contributed by atoms with Gasteiger partial charge in [-0.05, 0) is 62.2 Å². The Bertz CT molecular complexity index is 1040. The van der Waals surface area contributed by atoms with E-state index in [4.69, 9.17) is 0 Å². The minimum Gasteiger partial charge on any atom is -0.339 e. The molecule has 29 heavy (non-hydrogen) atoms. The molecule has 2 amide bonds. The molecule has 1 saturated heterocycles. The maximum Gasteiger partial charge on any atom is 0.253 e. The Hall–Kier alpha value is -3.29. The van der Waals surface area contributed by atoms with Crippen LogP contribution in [0.4, 0.5) is 10.1 Å². The minimum atomic E-state index is -0.342. The van der Waals surface area contributed by atoms with Gasteiger partial charge in [0.1, 0.15) is 11.3 Å². The van der Waals surface area contributed by atoms with Gasteiger partial charge in [0.15, 0.2) is 0 Å². The van der Waals surface area contributed by atoms with E-state index < -0.39 is 0 Å². The van der Waals surface area contributed by atoms with Crippen molar-refractivity contribution in [1.82, 2.24) is 19.9 Å². The molecule has 0 radical (unpaired) electrons. The summed E-state index contributed by atoms with van der Waals surface area (Å²) in [4.78, 5) is 27.1. The van der Waals surface area contributed by atoms with E-state index >= 15 is 0 Å². The number of carbonyl (C=O) groups excluding carboxylic acids is 2. The number of carbonyl (C=O) groups is 2. The van der Waals surface area contributed by atoms with Crippen LogP contribution in [-0.4, -0.2) is 44.8 Å². The smallest absolute Gasteiger partial charge is 0.253 e. The topological polar surface area (TPSA) is 80.1 Å². The number of nitrogens with zero attached hydrogens (tertiary/aromatic N) is 4. The maximum absolute atomic E-state index is 13.0. The van der Waals surface area contributed by atoms with Crippen molar-refractivity contribution in [2.24, 2.45) is 5.92 Å². The van der Waals surface area contributed by atoms with E-state index in [0.717, 1.165) is 12.1 Å². The lowest BCUT2D eigenvalue weighted by atomic mass is 9.95. The lowest BCUT2D eigenvalue weighted by Gasteiger charge is -2.31. The first-order valence-electron chi connectivity index (χ1n) is 9.74. The molecule has 0 spiro atoms. The quantitative estimate of drug-likeness (QED) is 0.736. The molecule has 0 atom stereocenters. The van der Waals surface area contributed by atoms with Crippen molar-refractivity contribution in [3.63, 3.8) is 0 Å². The summed E-state index contributed by atoms with van der Waals surface area (Å²) in [6, 6.07) is 11.1. The number of rotatable bonds is 4. The molecule has 4 rings (SSSR count). The number of benzene rings is 2. The third-order valence-electron chi connectivity index (χ3n) is 5.33. The average molecular weight is 395 g/mol. The number of nitrogens with one attached hydrogen (secondary N) is 1. The Morgan fingerprint density at radius 1 is 1.14 bits per heavy atom. The van der Waals surface area contributed by atoms with Gasteiger partial charge in [0.05, 0.1) is 5.52 Å². The second-order valence-electron chi connectivity index (χ2n) is 7.17. The van der Waals surface area contributed by atoms with Crippen LogP contribution in [0.15, 0.2) is 42.5 Å². The zero-order chi connectivity index (χ0) is 20.4. The van der Waals surface area contributed by atoms with Crippen LogP contribution in [0.5, 0.6) is 0 Å². The molecule has 1 aliphatic heterocycles. The summed E-state index contributed by atoms with van der Waals surface area (Å²) < 4.78 is 14.8. The van der Waals surface area contributed by atoms with E-state index in [1.54, 1.807) is 21.7 Å². The van der Waals surface area contributed by atoms with Crippen LogP contribution in [0.25, 0.3) is 11.0 Å². The van der Waals surface area contributed by atoms with Crippen molar-refractivity contribution in [2.45, 2.75) is 26.3 Å². The first-order chi connectivity index (χ1) is 14.0. The van der Waals surface area contributed by atoms with Gasteiger partial charge in [-0.2, -0.15) is 0 Å². The van der Waals surface area contributed by atoms with Crippen molar-refractivity contribution in [3.05, 3.63) is 53.8 Å². The lowest BCUT2D eigenvalue weighted by molar-refractivity contribution is -0.121. The fourth-order valence-corrected chi connectivity index (χ4v) is 3.64. The molecular weight excluding hydrogens is 373 g/mol. The summed E-state index contributed by atoms with van der Waals surface area (Å²) in [6.45, 7) is 3.74. The predicted molar refractivity (Wildman–Crippen MR) is 107 cm³/mol. The Balaban J connectivity index is 1.37. The van der Waals surface area contributed by atoms with Gasteiger partial charge in [-0.15, -0.1) is 5.10 Å². The molecular formula is C21H22FN5O2. The van der Waals surface area contributed by atoms with Gasteiger partial charge in [-0.3, -0.25) is 9.59 Å². The van der Waals surface area contributed by atoms with Crippen LogP contribution in [0.3, 0.4) is 0 Å². The summed E-state index contributed by atoms with van der Waals surface area (Å²) in [5.41, 5.74) is 2.75. The third kappa shape index (κ3) is 3.96. The highest BCUT2D eigenvalue weighted by Gasteiger charge is 2.28. The number of piperidine rings is 1. The fraction of sp³-hybridized carbons (Fsp3) is 0.333. The first kappa shape index (κ1) is 19.0. The molecule has 1 N–H and O–H groups in total. The fourth-order valence-electron chi connectivity index (χ4n) is 3.64. The van der Waals surface area contributed by atoms with Crippen LogP contribution in [0, 0.1) is 11.7 Å². The van der Waals surface area contributed by atoms with Gasteiger partial charge in [-0.25, -0.2) is 9.07 Å². The zero-order valence-electron chi connectivity index (χ0n) is 16.1. The molecule has 8 heteroatoms. The monoisotopic (exact) mass is 395 g/mol. The first-order valence-corrected chi connectivity index (χ1v) is 9.74. The molecule has 2 aromatic carbocycles. The van der Waals surface area contributed by atoms with Crippen molar-refractivity contribution in [1.29, 1.82) is 0 Å². The molecule has 0 bridgehead atoms. The largest absolute Gasteiger partial charge is 0.339 e. The van der Waals surface area contributed by atoms with E-state index in [1.807, 2.05) is 13.0 Å². The third-order valence-corrected chi connectivity index (χ3v) is 5.33. The van der Waals surface area contributed by atoms with Crippen LogP contribution < -0.4 is 5.32 Å². The highest BCUT2D eigenvalue weighted by atomic mass is 19.1. The minimum absolute atomic E-state index is 0.0599. The Morgan fingerprint density at radius 2 is 1.86 bits per heavy atom. The highest BCUT2D eigenvalue weighted by Crippen LogP contribution is 2.22. The van der Waals surface area contributed by atoms with Crippen LogP contribution in [-0.2, 0) is 11.3 Å². The van der Waals surface area contributed by atoms with Crippen LogP contribution >= 0.6 is 0 Å². The number of likely N-dealkylation sites (tertiary alicyclic amines) is 1. The molecule has 0 saturated carbocycles. The molecule has 1 aliphatic rings.